The third-order valence-electron chi connectivity index (χ3n) is 2.35. The maximum Gasteiger partial charge on any atom is -0.0273 e. The minimum Gasteiger partial charge on any atom is -0.103 e. The van der Waals surface area contributed by atoms with Crippen LogP contribution in [0.1, 0.15) is 30.9 Å². The number of aryl methyl sites for hydroxylation is 2. The summed E-state index contributed by atoms with van der Waals surface area (Å²) in [6.07, 6.45) is 6.67. The molecule has 0 saturated heterocycles. The standard InChI is InChI=1S/C13H18/c1-3-5-6-10-13-11-8-7-9-12(13)4-2/h3,7-9,11H,1,4-6,10H2,2H3. The van der Waals surface area contributed by atoms with Gasteiger partial charge < -0.3 is 0 Å². The van der Waals surface area contributed by atoms with Crippen molar-refractivity contribution in [1.82, 2.24) is 0 Å². The van der Waals surface area contributed by atoms with Crippen LogP contribution in [0.5, 0.6) is 0 Å². The fourth-order valence-corrected chi connectivity index (χ4v) is 1.58. The Bertz CT molecular complexity index is 260. The molecule has 0 heterocycles. The molecule has 0 unspecified atom stereocenters. The van der Waals surface area contributed by atoms with Crippen LogP contribution in [0.4, 0.5) is 0 Å². The van der Waals surface area contributed by atoms with Crippen molar-refractivity contribution in [2.75, 3.05) is 0 Å². The van der Waals surface area contributed by atoms with Crippen molar-refractivity contribution in [2.45, 2.75) is 32.6 Å². The first-order valence-corrected chi connectivity index (χ1v) is 5.06. The van der Waals surface area contributed by atoms with E-state index in [2.05, 4.69) is 37.8 Å². The van der Waals surface area contributed by atoms with E-state index in [1.165, 1.54) is 24.0 Å². The highest BCUT2D eigenvalue weighted by Crippen LogP contribution is 2.12. The summed E-state index contributed by atoms with van der Waals surface area (Å²) in [5.74, 6) is 0. The largest absolute Gasteiger partial charge is 0.103 e. The highest BCUT2D eigenvalue weighted by atomic mass is 14.0. The second-order valence-electron chi connectivity index (χ2n) is 3.30. The molecular formula is C13H18. The molecule has 0 bridgehead atoms. The fourth-order valence-electron chi connectivity index (χ4n) is 1.58. The first-order valence-electron chi connectivity index (χ1n) is 5.06. The Balaban J connectivity index is 2.58. The lowest BCUT2D eigenvalue weighted by molar-refractivity contribution is 0.832. The van der Waals surface area contributed by atoms with Crippen LogP contribution in [-0.4, -0.2) is 0 Å². The molecule has 0 aromatic heterocycles. The number of unbranched alkanes of at least 4 members (excludes halogenated alkanes) is 1. The van der Waals surface area contributed by atoms with Gasteiger partial charge in [0.05, 0.1) is 0 Å². The first-order chi connectivity index (χ1) is 6.38. The quantitative estimate of drug-likeness (QED) is 0.471. The molecule has 0 aliphatic carbocycles. The molecule has 0 aliphatic heterocycles. The molecule has 0 fully saturated rings. The molecule has 0 heteroatoms. The summed E-state index contributed by atoms with van der Waals surface area (Å²) in [5.41, 5.74) is 3.00. The van der Waals surface area contributed by atoms with Crippen molar-refractivity contribution in [2.24, 2.45) is 0 Å². The predicted molar refractivity (Wildman–Crippen MR) is 59.0 cm³/mol. The fraction of sp³-hybridized carbons (Fsp3) is 0.385. The van der Waals surface area contributed by atoms with Gasteiger partial charge >= 0.3 is 0 Å². The van der Waals surface area contributed by atoms with Crippen LogP contribution in [0.3, 0.4) is 0 Å². The Morgan fingerprint density at radius 2 is 1.92 bits per heavy atom. The summed E-state index contributed by atoms with van der Waals surface area (Å²) in [5, 5.41) is 0. The third-order valence-corrected chi connectivity index (χ3v) is 2.35. The van der Waals surface area contributed by atoms with Crippen LogP contribution in [0.15, 0.2) is 36.9 Å². The summed E-state index contributed by atoms with van der Waals surface area (Å²) in [4.78, 5) is 0. The maximum absolute atomic E-state index is 3.73. The molecule has 13 heavy (non-hydrogen) atoms. The summed E-state index contributed by atoms with van der Waals surface area (Å²) < 4.78 is 0. The number of hydrogen-bond donors (Lipinski definition) is 0. The normalized spacial score (nSPS) is 9.92. The molecule has 0 saturated carbocycles. The summed E-state index contributed by atoms with van der Waals surface area (Å²) in [6.45, 7) is 5.95. The minimum absolute atomic E-state index is 1.12. The molecule has 0 aliphatic rings. The van der Waals surface area contributed by atoms with Crippen molar-refractivity contribution in [3.8, 4) is 0 Å². The lowest BCUT2D eigenvalue weighted by Crippen LogP contribution is -1.91. The molecule has 0 spiro atoms. The Hall–Kier alpha value is -1.04. The maximum atomic E-state index is 3.73. The topological polar surface area (TPSA) is 0 Å². The molecule has 1 aromatic carbocycles. The van der Waals surface area contributed by atoms with Gasteiger partial charge in [-0.05, 0) is 36.8 Å². The molecule has 1 rings (SSSR count). The number of rotatable bonds is 5. The van der Waals surface area contributed by atoms with E-state index in [-0.39, 0.29) is 0 Å². The average molecular weight is 174 g/mol. The zero-order valence-corrected chi connectivity index (χ0v) is 8.42. The lowest BCUT2D eigenvalue weighted by Gasteiger charge is -2.05. The Kier molecular flexibility index (Phi) is 4.31. The molecule has 0 N–H and O–H groups in total. The van der Waals surface area contributed by atoms with Gasteiger partial charge in [0.2, 0.25) is 0 Å². The zero-order chi connectivity index (χ0) is 9.52. The Labute approximate surface area is 81.3 Å². The van der Waals surface area contributed by atoms with Gasteiger partial charge in [0.15, 0.2) is 0 Å². The van der Waals surface area contributed by atoms with E-state index in [4.69, 9.17) is 0 Å². The van der Waals surface area contributed by atoms with Crippen molar-refractivity contribution < 1.29 is 0 Å². The van der Waals surface area contributed by atoms with Gasteiger partial charge in [-0.2, -0.15) is 0 Å². The monoisotopic (exact) mass is 174 g/mol. The molecule has 0 nitrogen and oxygen atoms in total. The van der Waals surface area contributed by atoms with Gasteiger partial charge in [-0.1, -0.05) is 37.3 Å². The van der Waals surface area contributed by atoms with Gasteiger partial charge in [-0.3, -0.25) is 0 Å². The number of benzene rings is 1. The summed E-state index contributed by atoms with van der Waals surface area (Å²) >= 11 is 0. The highest BCUT2D eigenvalue weighted by molar-refractivity contribution is 5.27. The zero-order valence-electron chi connectivity index (χ0n) is 8.42. The first kappa shape index (κ1) is 10.0. The van der Waals surface area contributed by atoms with E-state index in [1.54, 1.807) is 0 Å². The average Bonchev–Trinajstić information content (AvgIpc) is 2.19. The summed E-state index contributed by atoms with van der Waals surface area (Å²) in [6, 6.07) is 8.71. The molecular weight excluding hydrogens is 156 g/mol. The smallest absolute Gasteiger partial charge is 0.0273 e. The van der Waals surface area contributed by atoms with Crippen LogP contribution < -0.4 is 0 Å². The van der Waals surface area contributed by atoms with Gasteiger partial charge in [-0.15, -0.1) is 6.58 Å². The van der Waals surface area contributed by atoms with E-state index in [9.17, 15) is 0 Å². The molecule has 1 aromatic rings. The van der Waals surface area contributed by atoms with E-state index < -0.39 is 0 Å². The van der Waals surface area contributed by atoms with Crippen molar-refractivity contribution in [3.63, 3.8) is 0 Å². The second-order valence-corrected chi connectivity index (χ2v) is 3.30. The van der Waals surface area contributed by atoms with Gasteiger partial charge in [-0.25, -0.2) is 0 Å². The van der Waals surface area contributed by atoms with Crippen LogP contribution in [0.25, 0.3) is 0 Å². The highest BCUT2D eigenvalue weighted by Gasteiger charge is 1.97. The SMILES string of the molecule is C=CCCCc1ccccc1CC. The minimum atomic E-state index is 1.12. The van der Waals surface area contributed by atoms with Crippen LogP contribution in [-0.2, 0) is 12.8 Å². The summed E-state index contributed by atoms with van der Waals surface area (Å²) in [7, 11) is 0. The molecule has 0 atom stereocenters. The van der Waals surface area contributed by atoms with E-state index >= 15 is 0 Å². The third kappa shape index (κ3) is 3.06. The van der Waals surface area contributed by atoms with Crippen molar-refractivity contribution >= 4 is 0 Å². The predicted octanol–water partition coefficient (Wildman–Crippen LogP) is 3.76. The van der Waals surface area contributed by atoms with E-state index in [0.717, 1.165) is 12.8 Å². The second kappa shape index (κ2) is 5.58. The van der Waals surface area contributed by atoms with Gasteiger partial charge in [0.25, 0.3) is 0 Å². The van der Waals surface area contributed by atoms with Crippen molar-refractivity contribution in [1.29, 1.82) is 0 Å². The van der Waals surface area contributed by atoms with Crippen LogP contribution in [0, 0.1) is 0 Å². The molecule has 0 amide bonds. The molecule has 70 valence electrons. The van der Waals surface area contributed by atoms with E-state index in [1.807, 2.05) is 6.08 Å². The van der Waals surface area contributed by atoms with Gasteiger partial charge in [0, 0.05) is 0 Å². The Morgan fingerprint density at radius 1 is 1.23 bits per heavy atom. The lowest BCUT2D eigenvalue weighted by atomic mass is 10.0. The van der Waals surface area contributed by atoms with Crippen molar-refractivity contribution in [3.05, 3.63) is 48.0 Å². The van der Waals surface area contributed by atoms with Gasteiger partial charge in [0.1, 0.15) is 0 Å². The molecule has 0 radical (unpaired) electrons. The van der Waals surface area contributed by atoms with Crippen LogP contribution >= 0.6 is 0 Å². The van der Waals surface area contributed by atoms with Crippen LogP contribution in [0.2, 0.25) is 0 Å². The number of hydrogen-bond acceptors (Lipinski definition) is 0. The number of allylic oxidation sites excluding steroid dienone is 1. The van der Waals surface area contributed by atoms with E-state index in [0.29, 0.717) is 0 Å². The Morgan fingerprint density at radius 3 is 2.54 bits per heavy atom.